The molecule has 5 heteroatoms. The fraction of sp³-hybridized carbons (Fsp3) is 0.682. The zero-order chi connectivity index (χ0) is 18.9. The number of ether oxygens (including phenoxy) is 2. The van der Waals surface area contributed by atoms with Crippen LogP contribution in [0.3, 0.4) is 0 Å². The number of hydrogen-bond acceptors (Lipinski definition) is 3. The largest absolute Gasteiger partial charge is 0.376 e. The molecule has 0 amide bonds. The first-order valence-corrected chi connectivity index (χ1v) is 10.6. The van der Waals surface area contributed by atoms with Crippen LogP contribution in [0.5, 0.6) is 0 Å². The molecular weight excluding hydrogens is 338 g/mol. The van der Waals surface area contributed by atoms with Gasteiger partial charge in [-0.05, 0) is 57.1 Å². The van der Waals surface area contributed by atoms with E-state index in [0.29, 0.717) is 12.2 Å². The van der Waals surface area contributed by atoms with E-state index in [4.69, 9.17) is 14.5 Å². The van der Waals surface area contributed by atoms with Gasteiger partial charge in [-0.25, -0.2) is 4.99 Å². The number of aryl methyl sites for hydroxylation is 1. The van der Waals surface area contributed by atoms with Gasteiger partial charge in [-0.1, -0.05) is 24.3 Å². The second-order valence-electron chi connectivity index (χ2n) is 7.60. The molecule has 1 aromatic rings. The molecule has 150 valence electrons. The second-order valence-corrected chi connectivity index (χ2v) is 7.60. The molecular formula is C22H35N3O2. The van der Waals surface area contributed by atoms with E-state index in [1.54, 1.807) is 0 Å². The summed E-state index contributed by atoms with van der Waals surface area (Å²) in [5, 5.41) is 3.46. The van der Waals surface area contributed by atoms with Crippen LogP contribution in [0.25, 0.3) is 0 Å². The summed E-state index contributed by atoms with van der Waals surface area (Å²) in [5.74, 6) is 1.02. The molecule has 27 heavy (non-hydrogen) atoms. The van der Waals surface area contributed by atoms with E-state index in [1.165, 1.54) is 24.0 Å². The molecule has 0 saturated carbocycles. The highest BCUT2D eigenvalue weighted by Gasteiger charge is 2.23. The van der Waals surface area contributed by atoms with Crippen molar-refractivity contribution in [3.8, 4) is 0 Å². The Kier molecular flexibility index (Phi) is 7.96. The fourth-order valence-electron chi connectivity index (χ4n) is 3.79. The fourth-order valence-corrected chi connectivity index (χ4v) is 3.79. The third-order valence-electron chi connectivity index (χ3n) is 5.53. The van der Waals surface area contributed by atoms with Crippen molar-refractivity contribution in [2.75, 3.05) is 32.8 Å². The van der Waals surface area contributed by atoms with Gasteiger partial charge in [-0.2, -0.15) is 0 Å². The highest BCUT2D eigenvalue weighted by Crippen LogP contribution is 2.18. The first-order valence-electron chi connectivity index (χ1n) is 10.6. The Morgan fingerprint density at radius 3 is 2.74 bits per heavy atom. The lowest BCUT2D eigenvalue weighted by atomic mass is 10.1. The third-order valence-corrected chi connectivity index (χ3v) is 5.53. The van der Waals surface area contributed by atoms with Crippen molar-refractivity contribution in [1.82, 2.24) is 10.2 Å². The highest BCUT2D eigenvalue weighted by molar-refractivity contribution is 5.80. The Bertz CT molecular complexity index is 591. The van der Waals surface area contributed by atoms with Crippen molar-refractivity contribution in [3.05, 3.63) is 35.4 Å². The van der Waals surface area contributed by atoms with Crippen LogP contribution in [0, 0.1) is 6.92 Å². The first-order chi connectivity index (χ1) is 13.3. The predicted octanol–water partition coefficient (Wildman–Crippen LogP) is 3.51. The van der Waals surface area contributed by atoms with Gasteiger partial charge in [0.25, 0.3) is 0 Å². The summed E-state index contributed by atoms with van der Waals surface area (Å²) in [6.07, 6.45) is 6.40. The summed E-state index contributed by atoms with van der Waals surface area (Å²) in [4.78, 5) is 7.26. The van der Waals surface area contributed by atoms with Crippen LogP contribution in [0.2, 0.25) is 0 Å². The summed E-state index contributed by atoms with van der Waals surface area (Å²) >= 11 is 0. The quantitative estimate of drug-likeness (QED) is 0.612. The molecule has 1 aromatic carbocycles. The number of rotatable bonds is 6. The van der Waals surface area contributed by atoms with Gasteiger partial charge in [-0.3, -0.25) is 0 Å². The van der Waals surface area contributed by atoms with Gasteiger partial charge in [0.15, 0.2) is 5.96 Å². The van der Waals surface area contributed by atoms with Crippen molar-refractivity contribution in [2.24, 2.45) is 4.99 Å². The molecule has 5 nitrogen and oxygen atoms in total. The molecule has 0 aliphatic carbocycles. The number of aliphatic imine (C=N–C) groups is 1. The van der Waals surface area contributed by atoms with Crippen molar-refractivity contribution in [1.29, 1.82) is 0 Å². The van der Waals surface area contributed by atoms with Crippen LogP contribution in [-0.2, 0) is 16.0 Å². The Balaban J connectivity index is 1.47. The number of benzene rings is 1. The summed E-state index contributed by atoms with van der Waals surface area (Å²) in [5.41, 5.74) is 2.59. The number of hydrogen-bond donors (Lipinski definition) is 1. The average molecular weight is 374 g/mol. The molecule has 0 bridgehead atoms. The van der Waals surface area contributed by atoms with E-state index in [9.17, 15) is 0 Å². The van der Waals surface area contributed by atoms with Gasteiger partial charge in [0, 0.05) is 26.2 Å². The Morgan fingerprint density at radius 1 is 1.22 bits per heavy atom. The van der Waals surface area contributed by atoms with E-state index < -0.39 is 0 Å². The van der Waals surface area contributed by atoms with Crippen LogP contribution in [0.1, 0.15) is 50.2 Å². The highest BCUT2D eigenvalue weighted by atomic mass is 16.5. The lowest BCUT2D eigenvalue weighted by molar-refractivity contribution is -0.0721. The van der Waals surface area contributed by atoms with Gasteiger partial charge in [0.1, 0.15) is 0 Å². The number of likely N-dealkylation sites (tertiary alicyclic amines) is 1. The Morgan fingerprint density at radius 2 is 2.04 bits per heavy atom. The molecule has 0 spiro atoms. The molecule has 2 aliphatic rings. The minimum atomic E-state index is 0.310. The topological polar surface area (TPSA) is 46.1 Å². The van der Waals surface area contributed by atoms with Crippen molar-refractivity contribution < 1.29 is 9.47 Å². The second kappa shape index (κ2) is 10.7. The zero-order valence-corrected chi connectivity index (χ0v) is 17.0. The predicted molar refractivity (Wildman–Crippen MR) is 110 cm³/mol. The normalized spacial score (nSPS) is 22.1. The van der Waals surface area contributed by atoms with Gasteiger partial charge in [0.2, 0.25) is 0 Å². The van der Waals surface area contributed by atoms with E-state index in [0.717, 1.165) is 64.6 Å². The molecule has 2 heterocycles. The number of piperidine rings is 1. The Labute approximate surface area is 164 Å². The first kappa shape index (κ1) is 20.2. The van der Waals surface area contributed by atoms with Crippen LogP contribution in [0.4, 0.5) is 0 Å². The van der Waals surface area contributed by atoms with Gasteiger partial charge < -0.3 is 19.7 Å². The lowest BCUT2D eigenvalue weighted by Gasteiger charge is -2.35. The maximum atomic E-state index is 6.14. The standard InChI is InChI=1S/C22H35N3O2/c1-3-23-22(24-16-19-9-5-4-8-18(19)2)25-13-11-20(12-14-25)27-17-21-10-6-7-15-26-21/h4-5,8-9,20-21H,3,6-7,10-17H2,1-2H3,(H,23,24). The van der Waals surface area contributed by atoms with Crippen molar-refractivity contribution >= 4 is 5.96 Å². The molecule has 0 aromatic heterocycles. The van der Waals surface area contributed by atoms with Gasteiger partial charge >= 0.3 is 0 Å². The molecule has 3 rings (SSSR count). The van der Waals surface area contributed by atoms with E-state index >= 15 is 0 Å². The summed E-state index contributed by atoms with van der Waals surface area (Å²) in [7, 11) is 0. The van der Waals surface area contributed by atoms with Gasteiger partial charge in [-0.15, -0.1) is 0 Å². The van der Waals surface area contributed by atoms with Crippen LogP contribution >= 0.6 is 0 Å². The number of nitrogens with zero attached hydrogens (tertiary/aromatic N) is 2. The van der Waals surface area contributed by atoms with Crippen LogP contribution < -0.4 is 5.32 Å². The average Bonchev–Trinajstić information content (AvgIpc) is 2.72. The van der Waals surface area contributed by atoms with Crippen molar-refractivity contribution in [3.63, 3.8) is 0 Å². The van der Waals surface area contributed by atoms with E-state index in [-0.39, 0.29) is 0 Å². The van der Waals surface area contributed by atoms with E-state index in [1.807, 2.05) is 0 Å². The maximum absolute atomic E-state index is 6.14. The molecule has 1 atom stereocenters. The SMILES string of the molecule is CCNC(=NCc1ccccc1C)N1CCC(OCC2CCCCO2)CC1. The third kappa shape index (κ3) is 6.22. The maximum Gasteiger partial charge on any atom is 0.194 e. The minimum Gasteiger partial charge on any atom is -0.376 e. The Hall–Kier alpha value is -1.59. The van der Waals surface area contributed by atoms with Crippen molar-refractivity contribution in [2.45, 2.75) is 64.7 Å². The summed E-state index contributed by atoms with van der Waals surface area (Å²) in [6, 6.07) is 8.48. The summed E-state index contributed by atoms with van der Waals surface area (Å²) < 4.78 is 11.9. The van der Waals surface area contributed by atoms with Gasteiger partial charge in [0.05, 0.1) is 25.4 Å². The smallest absolute Gasteiger partial charge is 0.194 e. The molecule has 1 N–H and O–H groups in total. The monoisotopic (exact) mass is 373 g/mol. The lowest BCUT2D eigenvalue weighted by Crippen LogP contribution is -2.47. The molecule has 2 fully saturated rings. The zero-order valence-electron chi connectivity index (χ0n) is 17.0. The summed E-state index contributed by atoms with van der Waals surface area (Å²) in [6.45, 7) is 9.54. The molecule has 1 unspecified atom stereocenters. The molecule has 2 aliphatic heterocycles. The molecule has 0 radical (unpaired) electrons. The van der Waals surface area contributed by atoms with E-state index in [2.05, 4.69) is 48.3 Å². The minimum absolute atomic E-state index is 0.310. The molecule has 2 saturated heterocycles. The number of nitrogens with one attached hydrogen (secondary N) is 1. The van der Waals surface area contributed by atoms with Crippen LogP contribution in [-0.4, -0.2) is 55.9 Å². The van der Waals surface area contributed by atoms with Crippen LogP contribution in [0.15, 0.2) is 29.3 Å². The number of guanidine groups is 1.